The highest BCUT2D eigenvalue weighted by atomic mass is 32.1. The van der Waals surface area contributed by atoms with E-state index in [2.05, 4.69) is 31.1 Å². The fourth-order valence-corrected chi connectivity index (χ4v) is 2.00. The lowest BCUT2D eigenvalue weighted by Crippen LogP contribution is -2.42. The summed E-state index contributed by atoms with van der Waals surface area (Å²) in [5, 5.41) is 2.94. The summed E-state index contributed by atoms with van der Waals surface area (Å²) in [5.41, 5.74) is 0.768. The van der Waals surface area contributed by atoms with Gasteiger partial charge in [-0.1, -0.05) is 20.8 Å². The molecular formula is C13H23N3OS. The smallest absolute Gasteiger partial charge is 0.240 e. The molecule has 0 saturated carbocycles. The molecule has 0 aliphatic carbocycles. The molecule has 1 rings (SSSR count). The van der Waals surface area contributed by atoms with E-state index in [-0.39, 0.29) is 23.4 Å². The van der Waals surface area contributed by atoms with Crippen molar-refractivity contribution < 1.29 is 4.79 Å². The summed E-state index contributed by atoms with van der Waals surface area (Å²) in [5.74, 6) is -0.0244. The van der Waals surface area contributed by atoms with E-state index in [0.29, 0.717) is 4.77 Å². The zero-order valence-electron chi connectivity index (χ0n) is 12.0. The van der Waals surface area contributed by atoms with Crippen LogP contribution in [0.25, 0.3) is 0 Å². The molecule has 102 valence electrons. The van der Waals surface area contributed by atoms with Gasteiger partial charge in [-0.25, -0.2) is 0 Å². The topological polar surface area (TPSA) is 49.8 Å². The van der Waals surface area contributed by atoms with Crippen LogP contribution >= 0.6 is 12.2 Å². The second kappa shape index (κ2) is 4.88. The Bertz CT molecular complexity index is 486. The third-order valence-corrected chi connectivity index (χ3v) is 2.79. The molecule has 0 fully saturated rings. The molecule has 0 bridgehead atoms. The van der Waals surface area contributed by atoms with Crippen molar-refractivity contribution in [2.75, 3.05) is 0 Å². The maximum atomic E-state index is 12.0. The first kappa shape index (κ1) is 15.0. The number of nitrogens with zero attached hydrogens (tertiary/aromatic N) is 1. The van der Waals surface area contributed by atoms with Crippen LogP contribution < -0.4 is 5.32 Å². The molecule has 0 spiro atoms. The lowest BCUT2D eigenvalue weighted by atomic mass is 9.92. The average molecular weight is 269 g/mol. The second-order valence-electron chi connectivity index (χ2n) is 6.61. The predicted molar refractivity (Wildman–Crippen MR) is 76.2 cm³/mol. The van der Waals surface area contributed by atoms with Gasteiger partial charge in [0.2, 0.25) is 5.91 Å². The third kappa shape index (κ3) is 3.98. The molecule has 0 unspecified atom stereocenters. The third-order valence-electron chi connectivity index (χ3n) is 2.45. The van der Waals surface area contributed by atoms with Crippen LogP contribution in [-0.2, 0) is 16.8 Å². The second-order valence-corrected chi connectivity index (χ2v) is 7.00. The lowest BCUT2D eigenvalue weighted by molar-refractivity contribution is -0.123. The van der Waals surface area contributed by atoms with Crippen LogP contribution in [0.4, 0.5) is 0 Å². The van der Waals surface area contributed by atoms with Crippen LogP contribution in [0, 0.1) is 4.77 Å². The van der Waals surface area contributed by atoms with Crippen LogP contribution in [0.1, 0.15) is 47.2 Å². The van der Waals surface area contributed by atoms with Gasteiger partial charge in [0.1, 0.15) is 6.54 Å². The molecule has 1 heterocycles. The monoisotopic (exact) mass is 269 g/mol. The van der Waals surface area contributed by atoms with E-state index < -0.39 is 0 Å². The van der Waals surface area contributed by atoms with Gasteiger partial charge >= 0.3 is 0 Å². The van der Waals surface area contributed by atoms with Gasteiger partial charge < -0.3 is 14.9 Å². The van der Waals surface area contributed by atoms with Gasteiger partial charge in [0.25, 0.3) is 0 Å². The zero-order valence-corrected chi connectivity index (χ0v) is 12.9. The highest BCUT2D eigenvalue weighted by Crippen LogP contribution is 2.22. The van der Waals surface area contributed by atoms with Crippen molar-refractivity contribution in [2.24, 2.45) is 0 Å². The molecule has 0 aliphatic rings. The molecule has 0 saturated heterocycles. The Balaban J connectivity index is 2.95. The fraction of sp³-hybridized carbons (Fsp3) is 0.692. The number of hydrogen-bond donors (Lipinski definition) is 2. The Morgan fingerprint density at radius 1 is 1.33 bits per heavy atom. The first-order valence-corrected chi connectivity index (χ1v) is 6.51. The number of aromatic amines is 1. The van der Waals surface area contributed by atoms with Crippen molar-refractivity contribution >= 4 is 18.1 Å². The number of imidazole rings is 1. The molecule has 1 amide bonds. The first-order valence-electron chi connectivity index (χ1n) is 6.10. The largest absolute Gasteiger partial charge is 0.350 e. The fourth-order valence-electron chi connectivity index (χ4n) is 1.78. The predicted octanol–water partition coefficient (Wildman–Crippen LogP) is 2.76. The number of rotatable bonds is 2. The summed E-state index contributed by atoms with van der Waals surface area (Å²) in [7, 11) is 0. The number of hydrogen-bond acceptors (Lipinski definition) is 2. The van der Waals surface area contributed by atoms with Crippen molar-refractivity contribution in [2.45, 2.75) is 59.0 Å². The molecule has 0 aromatic carbocycles. The summed E-state index contributed by atoms with van der Waals surface area (Å²) in [4.78, 5) is 15.0. The highest BCUT2D eigenvalue weighted by Gasteiger charge is 2.21. The Hall–Kier alpha value is -1.10. The van der Waals surface area contributed by atoms with E-state index in [0.717, 1.165) is 5.69 Å². The molecule has 18 heavy (non-hydrogen) atoms. The minimum absolute atomic E-state index is 0.0244. The van der Waals surface area contributed by atoms with Crippen molar-refractivity contribution in [3.8, 4) is 0 Å². The average Bonchev–Trinajstić information content (AvgIpc) is 2.43. The van der Waals surface area contributed by atoms with E-state index in [4.69, 9.17) is 12.2 Å². The summed E-state index contributed by atoms with van der Waals surface area (Å²) >= 11 is 5.23. The van der Waals surface area contributed by atoms with Crippen molar-refractivity contribution in [1.82, 2.24) is 14.9 Å². The number of nitrogens with one attached hydrogen (secondary N) is 2. The van der Waals surface area contributed by atoms with E-state index in [1.54, 1.807) is 0 Å². The van der Waals surface area contributed by atoms with Crippen molar-refractivity contribution in [1.29, 1.82) is 0 Å². The molecule has 2 N–H and O–H groups in total. The normalized spacial score (nSPS) is 12.6. The summed E-state index contributed by atoms with van der Waals surface area (Å²) in [6, 6.07) is 0. The van der Waals surface area contributed by atoms with E-state index in [9.17, 15) is 4.79 Å². The standard InChI is InChI=1S/C13H23N3OS/c1-12(2,3)9-7-14-11(18)16(9)8-10(17)15-13(4,5)6/h7H,8H2,1-6H3,(H,14,18)(H,15,17). The molecule has 5 heteroatoms. The minimum atomic E-state index is -0.225. The van der Waals surface area contributed by atoms with Gasteiger partial charge in [-0.2, -0.15) is 0 Å². The Morgan fingerprint density at radius 3 is 2.33 bits per heavy atom. The van der Waals surface area contributed by atoms with Crippen LogP contribution in [0.5, 0.6) is 0 Å². The number of carbonyl (C=O) groups excluding carboxylic acids is 1. The van der Waals surface area contributed by atoms with E-state index >= 15 is 0 Å². The molecule has 4 nitrogen and oxygen atoms in total. The molecule has 1 aromatic heterocycles. The summed E-state index contributed by atoms with van der Waals surface area (Å²) in [6.45, 7) is 12.4. The first-order chi connectivity index (χ1) is 8.00. The summed E-state index contributed by atoms with van der Waals surface area (Å²) in [6.07, 6.45) is 1.88. The van der Waals surface area contributed by atoms with E-state index in [1.807, 2.05) is 31.5 Å². The SMILES string of the molecule is CC(C)(C)NC(=O)Cn1c(C(C)(C)C)c[nH]c1=S. The van der Waals surface area contributed by atoms with Crippen LogP contribution in [0.3, 0.4) is 0 Å². The Kier molecular flexibility index (Phi) is 4.05. The van der Waals surface area contributed by atoms with Crippen LogP contribution in [0.2, 0.25) is 0 Å². The van der Waals surface area contributed by atoms with E-state index in [1.165, 1.54) is 0 Å². The number of aromatic nitrogens is 2. The molecule has 0 radical (unpaired) electrons. The quantitative estimate of drug-likeness (QED) is 0.811. The van der Waals surface area contributed by atoms with Crippen LogP contribution in [-0.4, -0.2) is 21.0 Å². The number of amides is 1. The van der Waals surface area contributed by atoms with Gasteiger partial charge in [-0.15, -0.1) is 0 Å². The van der Waals surface area contributed by atoms with Crippen molar-refractivity contribution in [3.05, 3.63) is 16.7 Å². The van der Waals surface area contributed by atoms with Gasteiger partial charge in [0, 0.05) is 22.8 Å². The highest BCUT2D eigenvalue weighted by molar-refractivity contribution is 7.71. The zero-order chi connectivity index (χ0) is 14.1. The lowest BCUT2D eigenvalue weighted by Gasteiger charge is -2.23. The summed E-state index contributed by atoms with van der Waals surface area (Å²) < 4.78 is 2.44. The Labute approximate surface area is 114 Å². The number of H-pyrrole nitrogens is 1. The van der Waals surface area contributed by atoms with Gasteiger partial charge in [-0.3, -0.25) is 4.79 Å². The van der Waals surface area contributed by atoms with Gasteiger partial charge in [0.15, 0.2) is 4.77 Å². The van der Waals surface area contributed by atoms with Crippen LogP contribution in [0.15, 0.2) is 6.20 Å². The molecular weight excluding hydrogens is 246 g/mol. The maximum Gasteiger partial charge on any atom is 0.240 e. The minimum Gasteiger partial charge on any atom is -0.350 e. The maximum absolute atomic E-state index is 12.0. The van der Waals surface area contributed by atoms with Crippen molar-refractivity contribution in [3.63, 3.8) is 0 Å². The molecule has 0 atom stereocenters. The van der Waals surface area contributed by atoms with Gasteiger partial charge in [-0.05, 0) is 33.0 Å². The molecule has 1 aromatic rings. The number of carbonyl (C=O) groups is 1. The molecule has 0 aliphatic heterocycles. The Morgan fingerprint density at radius 2 is 1.89 bits per heavy atom. The van der Waals surface area contributed by atoms with Gasteiger partial charge in [0.05, 0.1) is 0 Å².